The first-order valence-electron chi connectivity index (χ1n) is 4.14. The van der Waals surface area contributed by atoms with Crippen LogP contribution in [-0.4, -0.2) is 53.9 Å². The lowest BCUT2D eigenvalue weighted by Crippen LogP contribution is -2.41. The molecule has 3 unspecified atom stereocenters. The normalized spacial score (nSPS) is 33.0. The summed E-state index contributed by atoms with van der Waals surface area (Å²) in [6.07, 6.45) is -0.292. The first-order chi connectivity index (χ1) is 5.04. The van der Waals surface area contributed by atoms with Gasteiger partial charge in [0.1, 0.15) is 6.23 Å². The van der Waals surface area contributed by atoms with Gasteiger partial charge in [-0.2, -0.15) is 0 Å². The van der Waals surface area contributed by atoms with E-state index < -0.39 is 0 Å². The summed E-state index contributed by atoms with van der Waals surface area (Å²) in [5.41, 5.74) is 0. The fourth-order valence-corrected chi connectivity index (χ4v) is 1.15. The van der Waals surface area contributed by atoms with Gasteiger partial charge in [-0.25, -0.2) is 0 Å². The van der Waals surface area contributed by atoms with Gasteiger partial charge in [0.25, 0.3) is 0 Å². The van der Waals surface area contributed by atoms with Crippen LogP contribution in [0.25, 0.3) is 0 Å². The molecule has 1 saturated heterocycles. The highest BCUT2D eigenvalue weighted by Crippen LogP contribution is 2.20. The molecule has 0 radical (unpaired) electrons. The second-order valence-corrected chi connectivity index (χ2v) is 3.68. The third-order valence-corrected chi connectivity index (χ3v) is 2.48. The first kappa shape index (κ1) is 8.97. The van der Waals surface area contributed by atoms with Crippen LogP contribution in [0.1, 0.15) is 13.8 Å². The Labute approximate surface area is 68.6 Å². The van der Waals surface area contributed by atoms with Crippen molar-refractivity contribution in [3.05, 3.63) is 0 Å². The molecule has 0 aromatic carbocycles. The van der Waals surface area contributed by atoms with Crippen molar-refractivity contribution in [3.8, 4) is 0 Å². The Bertz CT molecular complexity index is 138. The van der Waals surface area contributed by atoms with Gasteiger partial charge in [0.2, 0.25) is 0 Å². The van der Waals surface area contributed by atoms with E-state index in [0.29, 0.717) is 12.1 Å². The van der Waals surface area contributed by atoms with E-state index in [4.69, 9.17) is 0 Å². The largest absolute Gasteiger partial charge is 0.377 e. The van der Waals surface area contributed by atoms with Crippen molar-refractivity contribution in [1.29, 1.82) is 0 Å². The molecule has 1 rings (SSSR count). The lowest BCUT2D eigenvalue weighted by atomic mass is 10.3. The molecule has 0 bridgehead atoms. The highest BCUT2D eigenvalue weighted by Gasteiger charge is 2.38. The van der Waals surface area contributed by atoms with Crippen molar-refractivity contribution in [2.75, 3.05) is 20.6 Å². The van der Waals surface area contributed by atoms with E-state index in [1.165, 1.54) is 0 Å². The van der Waals surface area contributed by atoms with E-state index in [0.717, 1.165) is 6.54 Å². The SMILES string of the molecule is CC(C)N(C)C(O)C1CN1C. The second-order valence-electron chi connectivity index (χ2n) is 3.68. The van der Waals surface area contributed by atoms with Crippen LogP contribution in [0, 0.1) is 0 Å². The Kier molecular flexibility index (Phi) is 2.52. The Morgan fingerprint density at radius 1 is 1.55 bits per heavy atom. The summed E-state index contributed by atoms with van der Waals surface area (Å²) in [5, 5.41) is 9.68. The molecule has 1 fully saturated rings. The zero-order valence-electron chi connectivity index (χ0n) is 7.78. The summed E-state index contributed by atoms with van der Waals surface area (Å²) in [4.78, 5) is 4.14. The molecule has 1 aliphatic heterocycles. The Hall–Kier alpha value is -0.120. The van der Waals surface area contributed by atoms with Crippen LogP contribution in [0.4, 0.5) is 0 Å². The van der Waals surface area contributed by atoms with E-state index in [2.05, 4.69) is 18.7 Å². The maximum Gasteiger partial charge on any atom is 0.124 e. The molecule has 1 N–H and O–H groups in total. The number of aliphatic hydroxyl groups is 1. The molecular formula is C8H18N2O. The molecule has 11 heavy (non-hydrogen) atoms. The quantitative estimate of drug-likeness (QED) is 0.461. The molecule has 0 saturated carbocycles. The molecule has 0 aliphatic carbocycles. The van der Waals surface area contributed by atoms with Crippen molar-refractivity contribution in [3.63, 3.8) is 0 Å². The van der Waals surface area contributed by atoms with Gasteiger partial charge in [-0.1, -0.05) is 0 Å². The monoisotopic (exact) mass is 158 g/mol. The maximum absolute atomic E-state index is 9.68. The predicted octanol–water partition coefficient (Wildman–Crippen LogP) is -0.0410. The average Bonchev–Trinajstić information content (AvgIpc) is 2.63. The number of likely N-dealkylation sites (N-methyl/N-ethyl adjacent to an activating group) is 2. The molecule has 3 heteroatoms. The lowest BCUT2D eigenvalue weighted by Gasteiger charge is -2.26. The maximum atomic E-state index is 9.68. The van der Waals surface area contributed by atoms with E-state index >= 15 is 0 Å². The van der Waals surface area contributed by atoms with Gasteiger partial charge in [-0.15, -0.1) is 0 Å². The van der Waals surface area contributed by atoms with Crippen molar-refractivity contribution in [2.45, 2.75) is 32.2 Å². The van der Waals surface area contributed by atoms with Gasteiger partial charge in [-0.05, 0) is 27.9 Å². The van der Waals surface area contributed by atoms with E-state index in [9.17, 15) is 5.11 Å². The minimum Gasteiger partial charge on any atom is -0.377 e. The zero-order chi connectivity index (χ0) is 8.59. The fraction of sp³-hybridized carbons (Fsp3) is 1.00. The average molecular weight is 158 g/mol. The first-order valence-corrected chi connectivity index (χ1v) is 4.14. The molecule has 3 nitrogen and oxygen atoms in total. The van der Waals surface area contributed by atoms with Gasteiger partial charge in [-0.3, -0.25) is 9.80 Å². The molecular weight excluding hydrogens is 140 g/mol. The topological polar surface area (TPSA) is 26.5 Å². The number of hydrogen-bond acceptors (Lipinski definition) is 3. The Morgan fingerprint density at radius 2 is 2.00 bits per heavy atom. The van der Waals surface area contributed by atoms with Crippen molar-refractivity contribution < 1.29 is 5.11 Å². The zero-order valence-corrected chi connectivity index (χ0v) is 7.78. The minimum atomic E-state index is -0.292. The van der Waals surface area contributed by atoms with Crippen molar-refractivity contribution in [1.82, 2.24) is 9.80 Å². The van der Waals surface area contributed by atoms with Crippen molar-refractivity contribution >= 4 is 0 Å². The van der Waals surface area contributed by atoms with Crippen LogP contribution in [0.5, 0.6) is 0 Å². The summed E-state index contributed by atoms with van der Waals surface area (Å²) >= 11 is 0. The minimum absolute atomic E-state index is 0.292. The number of aliphatic hydroxyl groups excluding tert-OH is 1. The molecule has 0 aromatic heterocycles. The molecule has 3 atom stereocenters. The molecule has 1 aliphatic rings. The molecule has 1 heterocycles. The van der Waals surface area contributed by atoms with Crippen LogP contribution in [-0.2, 0) is 0 Å². The summed E-state index contributed by atoms with van der Waals surface area (Å²) in [6, 6.07) is 0.779. The standard InChI is InChI=1S/C8H18N2O/c1-6(2)10(4)8(11)7-5-9(7)3/h6-8,11H,5H2,1-4H3. The van der Waals surface area contributed by atoms with Crippen LogP contribution in [0.2, 0.25) is 0 Å². The Morgan fingerprint density at radius 3 is 2.27 bits per heavy atom. The van der Waals surface area contributed by atoms with Gasteiger partial charge in [0.05, 0.1) is 6.04 Å². The summed E-state index contributed by atoms with van der Waals surface area (Å²) in [6.45, 7) is 5.20. The third kappa shape index (κ3) is 1.92. The van der Waals surface area contributed by atoms with E-state index in [1.807, 2.05) is 19.0 Å². The summed E-state index contributed by atoms with van der Waals surface area (Å²) in [7, 11) is 3.99. The van der Waals surface area contributed by atoms with Gasteiger partial charge in [0, 0.05) is 12.6 Å². The Balaban J connectivity index is 2.35. The van der Waals surface area contributed by atoms with Crippen LogP contribution in [0.3, 0.4) is 0 Å². The van der Waals surface area contributed by atoms with E-state index in [1.54, 1.807) is 0 Å². The molecule has 0 spiro atoms. The lowest BCUT2D eigenvalue weighted by molar-refractivity contribution is -0.00474. The highest BCUT2D eigenvalue weighted by atomic mass is 16.3. The van der Waals surface area contributed by atoms with E-state index in [-0.39, 0.29) is 6.23 Å². The fourth-order valence-electron chi connectivity index (χ4n) is 1.15. The number of nitrogens with zero attached hydrogens (tertiary/aromatic N) is 2. The van der Waals surface area contributed by atoms with Crippen LogP contribution in [0.15, 0.2) is 0 Å². The number of rotatable bonds is 3. The molecule has 66 valence electrons. The second kappa shape index (κ2) is 3.09. The van der Waals surface area contributed by atoms with Gasteiger partial charge in [0.15, 0.2) is 0 Å². The van der Waals surface area contributed by atoms with Gasteiger partial charge >= 0.3 is 0 Å². The summed E-state index contributed by atoms with van der Waals surface area (Å²) in [5.74, 6) is 0. The molecule has 0 amide bonds. The van der Waals surface area contributed by atoms with Crippen LogP contribution < -0.4 is 0 Å². The predicted molar refractivity (Wildman–Crippen MR) is 45.3 cm³/mol. The van der Waals surface area contributed by atoms with Gasteiger partial charge < -0.3 is 5.11 Å². The highest BCUT2D eigenvalue weighted by molar-refractivity contribution is 4.91. The summed E-state index contributed by atoms with van der Waals surface area (Å²) < 4.78 is 0. The number of hydrogen-bond donors (Lipinski definition) is 1. The van der Waals surface area contributed by atoms with Crippen molar-refractivity contribution in [2.24, 2.45) is 0 Å². The smallest absolute Gasteiger partial charge is 0.124 e. The van der Waals surface area contributed by atoms with Crippen LogP contribution >= 0.6 is 0 Å². The third-order valence-electron chi connectivity index (χ3n) is 2.48. The molecule has 0 aromatic rings.